The van der Waals surface area contributed by atoms with E-state index in [9.17, 15) is 4.79 Å². The van der Waals surface area contributed by atoms with Crippen LogP contribution in [0.5, 0.6) is 0 Å². The van der Waals surface area contributed by atoms with Gasteiger partial charge in [-0.05, 0) is 94.6 Å². The van der Waals surface area contributed by atoms with Crippen molar-refractivity contribution in [2.24, 2.45) is 10.2 Å². The molecule has 0 atom stereocenters. The first-order valence-electron chi connectivity index (χ1n) is 13.4. The Morgan fingerprint density at radius 3 is 1.97 bits per heavy atom. The largest absolute Gasteiger partial charge is 0.367 e. The molecule has 0 spiro atoms. The second-order valence-electron chi connectivity index (χ2n) is 9.67. The molecule has 0 unspecified atom stereocenters. The van der Waals surface area contributed by atoms with Gasteiger partial charge in [-0.25, -0.2) is 0 Å². The highest BCUT2D eigenvalue weighted by Crippen LogP contribution is 2.30. The number of rotatable bonds is 12. The monoisotopic (exact) mass is 500 g/mol. The topological polar surface area (TPSA) is 57.1 Å². The van der Waals surface area contributed by atoms with Crippen LogP contribution in [0.2, 0.25) is 0 Å². The molecule has 0 aliphatic carbocycles. The van der Waals surface area contributed by atoms with Gasteiger partial charge in [-0.2, -0.15) is 10.2 Å². The van der Waals surface area contributed by atoms with Gasteiger partial charge in [0, 0.05) is 24.5 Å². The molecule has 3 aromatic rings. The van der Waals surface area contributed by atoms with E-state index in [1.54, 1.807) is 0 Å². The van der Waals surface area contributed by atoms with Crippen LogP contribution >= 0.6 is 0 Å². The lowest BCUT2D eigenvalue weighted by Gasteiger charge is -2.34. The van der Waals surface area contributed by atoms with Crippen LogP contribution in [-0.2, 0) is 11.3 Å². The van der Waals surface area contributed by atoms with Gasteiger partial charge in [0.2, 0.25) is 0 Å². The van der Waals surface area contributed by atoms with Crippen molar-refractivity contribution < 1.29 is 9.28 Å². The zero-order valence-electron chi connectivity index (χ0n) is 23.3. The summed E-state index contributed by atoms with van der Waals surface area (Å²) >= 11 is 0. The first-order valence-corrected chi connectivity index (χ1v) is 13.4. The zero-order valence-corrected chi connectivity index (χ0v) is 23.3. The minimum Gasteiger partial charge on any atom is -0.367 e. The summed E-state index contributed by atoms with van der Waals surface area (Å²) in [5.74, 6) is 0.0483. The number of nitrogens with one attached hydrogen (secondary N) is 1. The Morgan fingerprint density at radius 2 is 1.43 bits per heavy atom. The van der Waals surface area contributed by atoms with Crippen molar-refractivity contribution in [1.29, 1.82) is 0 Å². The Balaban J connectivity index is 1.68. The summed E-state index contributed by atoms with van der Waals surface area (Å²) in [7, 11) is 0. The minimum atomic E-state index is 0.0483. The predicted molar refractivity (Wildman–Crippen MR) is 155 cm³/mol. The number of azo groups is 1. The van der Waals surface area contributed by atoms with E-state index >= 15 is 0 Å². The van der Waals surface area contributed by atoms with E-state index in [0.29, 0.717) is 6.54 Å². The highest BCUT2D eigenvalue weighted by molar-refractivity contribution is 5.92. The lowest BCUT2D eigenvalue weighted by molar-refractivity contribution is -0.915. The first-order chi connectivity index (χ1) is 17.8. The number of carbonyl (C=O) groups excluding carboxylic acids is 1. The van der Waals surface area contributed by atoms with Gasteiger partial charge in [0.15, 0.2) is 6.54 Å². The molecule has 0 fully saturated rings. The Kier molecular flexibility index (Phi) is 9.98. The average Bonchev–Trinajstić information content (AvgIpc) is 2.91. The van der Waals surface area contributed by atoms with Gasteiger partial charge in [0.1, 0.15) is 0 Å². The number of anilines is 2. The van der Waals surface area contributed by atoms with E-state index in [4.69, 9.17) is 0 Å². The third-order valence-corrected chi connectivity index (χ3v) is 7.34. The molecule has 6 heteroatoms. The number of amides is 1. The van der Waals surface area contributed by atoms with Crippen molar-refractivity contribution in [3.8, 4) is 0 Å². The Labute approximate surface area is 222 Å². The van der Waals surface area contributed by atoms with Crippen LogP contribution in [0, 0.1) is 13.8 Å². The lowest BCUT2D eigenvalue weighted by Crippen LogP contribution is -2.51. The second kappa shape index (κ2) is 13.2. The number of hydrogen-bond donors (Lipinski definition) is 1. The van der Waals surface area contributed by atoms with E-state index in [1.165, 1.54) is 5.56 Å². The Bertz CT molecular complexity index is 1150. The fourth-order valence-corrected chi connectivity index (χ4v) is 4.72. The molecule has 3 aromatic carbocycles. The smallest absolute Gasteiger partial charge is 0.279 e. The van der Waals surface area contributed by atoms with Gasteiger partial charge in [0.05, 0.1) is 31.0 Å². The van der Waals surface area contributed by atoms with Crippen LogP contribution in [0.25, 0.3) is 0 Å². The summed E-state index contributed by atoms with van der Waals surface area (Å²) < 4.78 is 0.789. The fraction of sp³-hybridized carbons (Fsp3) is 0.387. The average molecular weight is 501 g/mol. The Morgan fingerprint density at radius 1 is 0.838 bits per heavy atom. The summed E-state index contributed by atoms with van der Waals surface area (Å²) in [4.78, 5) is 15.1. The van der Waals surface area contributed by atoms with Crippen LogP contribution in [0.3, 0.4) is 0 Å². The maximum atomic E-state index is 12.8. The minimum absolute atomic E-state index is 0.0483. The molecule has 0 radical (unpaired) electrons. The molecule has 0 heterocycles. The van der Waals surface area contributed by atoms with E-state index in [2.05, 4.69) is 84.5 Å². The van der Waals surface area contributed by atoms with Gasteiger partial charge in [-0.1, -0.05) is 30.3 Å². The fourth-order valence-electron chi connectivity index (χ4n) is 4.72. The quantitative estimate of drug-likeness (QED) is 0.206. The summed E-state index contributed by atoms with van der Waals surface area (Å²) in [6, 6.07) is 22.7. The van der Waals surface area contributed by atoms with Gasteiger partial charge >= 0.3 is 0 Å². The molecule has 1 N–H and O–H groups in total. The molecule has 0 saturated carbocycles. The lowest BCUT2D eigenvalue weighted by atomic mass is 10.1. The van der Waals surface area contributed by atoms with Gasteiger partial charge in [-0.3, -0.25) is 4.79 Å². The van der Waals surface area contributed by atoms with E-state index in [0.717, 1.165) is 71.1 Å². The van der Waals surface area contributed by atoms with E-state index in [1.807, 2.05) is 44.2 Å². The molecule has 0 aliphatic heterocycles. The number of hydrogen-bond acceptors (Lipinski definition) is 4. The maximum Gasteiger partial charge on any atom is 0.279 e. The molecule has 0 aromatic heterocycles. The highest BCUT2D eigenvalue weighted by Gasteiger charge is 2.24. The Hall–Kier alpha value is -3.51. The third kappa shape index (κ3) is 7.49. The van der Waals surface area contributed by atoms with Crippen LogP contribution in [0.1, 0.15) is 44.4 Å². The number of benzene rings is 3. The van der Waals surface area contributed by atoms with Crippen LogP contribution in [0.15, 0.2) is 77.0 Å². The van der Waals surface area contributed by atoms with Gasteiger partial charge < -0.3 is 14.7 Å². The molecule has 0 aliphatic rings. The SMILES string of the molecule is CCN(Cc1ccccc1)c1ccc(/N=N/c2c(C)cc(NC(=O)C[N+](CC)(CC)CC)cc2C)cc1. The third-order valence-electron chi connectivity index (χ3n) is 7.34. The van der Waals surface area contributed by atoms with Crippen LogP contribution in [-0.4, -0.2) is 43.1 Å². The van der Waals surface area contributed by atoms with Crippen molar-refractivity contribution in [1.82, 2.24) is 0 Å². The number of nitrogens with zero attached hydrogens (tertiary/aromatic N) is 4. The summed E-state index contributed by atoms with van der Waals surface area (Å²) in [5.41, 5.74) is 6.87. The van der Waals surface area contributed by atoms with Crippen molar-refractivity contribution in [2.75, 3.05) is 42.9 Å². The van der Waals surface area contributed by atoms with Gasteiger partial charge in [0.25, 0.3) is 5.91 Å². The van der Waals surface area contributed by atoms with E-state index in [-0.39, 0.29) is 5.91 Å². The molecule has 196 valence electrons. The molecule has 37 heavy (non-hydrogen) atoms. The molecule has 3 rings (SSSR count). The normalized spacial score (nSPS) is 11.6. The maximum absolute atomic E-state index is 12.8. The van der Waals surface area contributed by atoms with Crippen molar-refractivity contribution >= 4 is 28.7 Å². The van der Waals surface area contributed by atoms with Crippen molar-refractivity contribution in [3.05, 3.63) is 83.4 Å². The van der Waals surface area contributed by atoms with E-state index < -0.39 is 0 Å². The summed E-state index contributed by atoms with van der Waals surface area (Å²) in [6.07, 6.45) is 0. The summed E-state index contributed by atoms with van der Waals surface area (Å²) in [5, 5.41) is 12.1. The highest BCUT2D eigenvalue weighted by atomic mass is 16.2. The van der Waals surface area contributed by atoms with Crippen molar-refractivity contribution in [3.63, 3.8) is 0 Å². The standard InChI is InChI=1S/C31H41N5O/c1-7-35(22-26-14-12-11-13-15-26)29-18-16-27(17-19-29)33-34-31-24(5)20-28(21-25(31)6)32-30(37)23-36(8-2,9-3)10-4/h11-21H,7-10,22-23H2,1-6H3/p+1. The number of quaternary nitrogens is 1. The summed E-state index contributed by atoms with van der Waals surface area (Å²) in [6.45, 7) is 17.7. The molecule has 1 amide bonds. The first kappa shape index (κ1) is 28.1. The molecule has 6 nitrogen and oxygen atoms in total. The number of likely N-dealkylation sites (N-methyl/N-ethyl adjacent to an activating group) is 1. The second-order valence-corrected chi connectivity index (χ2v) is 9.67. The van der Waals surface area contributed by atoms with Crippen LogP contribution < -0.4 is 10.2 Å². The molecule has 0 bridgehead atoms. The number of carbonyl (C=O) groups is 1. The molecular weight excluding hydrogens is 458 g/mol. The molecule has 0 saturated heterocycles. The van der Waals surface area contributed by atoms with Gasteiger partial charge in [-0.15, -0.1) is 0 Å². The zero-order chi connectivity index (χ0) is 26.8. The van der Waals surface area contributed by atoms with Crippen LogP contribution in [0.4, 0.5) is 22.7 Å². The van der Waals surface area contributed by atoms with Crippen molar-refractivity contribution in [2.45, 2.75) is 48.1 Å². The number of aryl methyl sites for hydroxylation is 2. The predicted octanol–water partition coefficient (Wildman–Crippen LogP) is 7.56. The molecular formula is C31H42N5O+.